The third-order valence-corrected chi connectivity index (χ3v) is 3.38. The van der Waals surface area contributed by atoms with Crippen molar-refractivity contribution in [3.05, 3.63) is 58.5 Å². The lowest BCUT2D eigenvalue weighted by atomic mass is 10.1. The lowest BCUT2D eigenvalue weighted by Crippen LogP contribution is -2.22. The van der Waals surface area contributed by atoms with E-state index in [-0.39, 0.29) is 5.56 Å². The number of hydrogen-bond acceptors (Lipinski definition) is 3. The van der Waals surface area contributed by atoms with Gasteiger partial charge in [0.25, 0.3) is 5.56 Å². The number of nitrogens with one attached hydrogen (secondary N) is 1. The second-order valence-electron chi connectivity index (χ2n) is 5.18. The zero-order valence-electron chi connectivity index (χ0n) is 12.6. The molecule has 0 aliphatic heterocycles. The first-order valence-corrected chi connectivity index (χ1v) is 7.64. The van der Waals surface area contributed by atoms with Crippen LogP contribution in [0.3, 0.4) is 0 Å². The minimum Gasteiger partial charge on any atom is -0.384 e. The number of nitrogens with zero attached hydrogens (tertiary/aromatic N) is 2. The van der Waals surface area contributed by atoms with Crippen molar-refractivity contribution in [3.8, 4) is 0 Å². The number of unbranched alkanes of at least 4 members (excludes halogenated alkanes) is 1. The van der Waals surface area contributed by atoms with Crippen molar-refractivity contribution in [2.75, 3.05) is 11.9 Å². The Kier molecular flexibility index (Phi) is 6.00. The summed E-state index contributed by atoms with van der Waals surface area (Å²) >= 11 is 0. The molecule has 112 valence electrons. The molecule has 0 spiro atoms. The van der Waals surface area contributed by atoms with Crippen LogP contribution in [0, 0.1) is 0 Å². The molecule has 1 heterocycles. The van der Waals surface area contributed by atoms with Gasteiger partial charge in [-0.25, -0.2) is 4.68 Å². The van der Waals surface area contributed by atoms with Crippen molar-refractivity contribution >= 4 is 5.69 Å². The summed E-state index contributed by atoms with van der Waals surface area (Å²) < 4.78 is 1.54. The summed E-state index contributed by atoms with van der Waals surface area (Å²) in [5.74, 6) is 0. The van der Waals surface area contributed by atoms with E-state index in [1.54, 1.807) is 16.9 Å². The van der Waals surface area contributed by atoms with Crippen LogP contribution in [0.25, 0.3) is 0 Å². The lowest BCUT2D eigenvalue weighted by Gasteiger charge is -2.07. The largest absolute Gasteiger partial charge is 0.384 e. The van der Waals surface area contributed by atoms with E-state index in [1.165, 1.54) is 5.56 Å². The van der Waals surface area contributed by atoms with Crippen molar-refractivity contribution in [3.63, 3.8) is 0 Å². The highest BCUT2D eigenvalue weighted by Crippen LogP contribution is 2.05. The van der Waals surface area contributed by atoms with Gasteiger partial charge in [0.1, 0.15) is 0 Å². The second-order valence-corrected chi connectivity index (χ2v) is 5.18. The monoisotopic (exact) mass is 285 g/mol. The van der Waals surface area contributed by atoms with E-state index in [1.807, 2.05) is 6.07 Å². The first-order valence-electron chi connectivity index (χ1n) is 7.64. The zero-order chi connectivity index (χ0) is 14.9. The quantitative estimate of drug-likeness (QED) is 0.758. The first kappa shape index (κ1) is 15.3. The number of rotatable bonds is 8. The summed E-state index contributed by atoms with van der Waals surface area (Å²) in [6, 6.07) is 12.0. The summed E-state index contributed by atoms with van der Waals surface area (Å²) in [6.07, 6.45) is 5.83. The number of aryl methyl sites for hydroxylation is 2. The molecule has 1 N–H and O–H groups in total. The molecule has 0 aliphatic rings. The predicted octanol–water partition coefficient (Wildman–Crippen LogP) is 3.09. The predicted molar refractivity (Wildman–Crippen MR) is 86.7 cm³/mol. The van der Waals surface area contributed by atoms with E-state index < -0.39 is 0 Å². The van der Waals surface area contributed by atoms with Crippen LogP contribution in [-0.2, 0) is 13.0 Å². The average molecular weight is 285 g/mol. The number of aromatic nitrogens is 2. The van der Waals surface area contributed by atoms with Gasteiger partial charge >= 0.3 is 0 Å². The standard InChI is InChI=1S/C17H23N3O/c1-2-11-18-16-13-17(21)20(19-14-16)12-7-6-10-15-8-4-3-5-9-15/h3-5,8-9,13-14,18H,2,6-7,10-12H2,1H3. The molecule has 0 atom stereocenters. The maximum atomic E-state index is 11.9. The van der Waals surface area contributed by atoms with Gasteiger partial charge in [-0.15, -0.1) is 0 Å². The van der Waals surface area contributed by atoms with Crippen molar-refractivity contribution in [1.82, 2.24) is 9.78 Å². The molecule has 21 heavy (non-hydrogen) atoms. The normalized spacial score (nSPS) is 10.5. The Morgan fingerprint density at radius 3 is 2.71 bits per heavy atom. The molecule has 2 aromatic rings. The third-order valence-electron chi connectivity index (χ3n) is 3.38. The van der Waals surface area contributed by atoms with Gasteiger partial charge in [0.2, 0.25) is 0 Å². The molecule has 4 heteroatoms. The van der Waals surface area contributed by atoms with E-state index >= 15 is 0 Å². The van der Waals surface area contributed by atoms with Gasteiger partial charge in [-0.1, -0.05) is 37.3 Å². The lowest BCUT2D eigenvalue weighted by molar-refractivity contribution is 0.532. The molecule has 0 saturated heterocycles. The fourth-order valence-corrected chi connectivity index (χ4v) is 2.20. The highest BCUT2D eigenvalue weighted by Gasteiger charge is 2.00. The van der Waals surface area contributed by atoms with E-state index in [2.05, 4.69) is 41.6 Å². The maximum absolute atomic E-state index is 11.9. The summed E-state index contributed by atoms with van der Waals surface area (Å²) in [5, 5.41) is 7.39. The highest BCUT2D eigenvalue weighted by atomic mass is 16.1. The smallest absolute Gasteiger partial charge is 0.268 e. The van der Waals surface area contributed by atoms with Gasteiger partial charge in [-0.05, 0) is 31.2 Å². The number of anilines is 1. The molecule has 1 aromatic heterocycles. The molecule has 0 aliphatic carbocycles. The van der Waals surface area contributed by atoms with Gasteiger partial charge < -0.3 is 5.32 Å². The van der Waals surface area contributed by atoms with Gasteiger partial charge in [0, 0.05) is 19.2 Å². The summed E-state index contributed by atoms with van der Waals surface area (Å²) in [6.45, 7) is 3.64. The van der Waals surface area contributed by atoms with Crippen LogP contribution in [0.2, 0.25) is 0 Å². The van der Waals surface area contributed by atoms with Gasteiger partial charge in [-0.2, -0.15) is 5.10 Å². The highest BCUT2D eigenvalue weighted by molar-refractivity contribution is 5.38. The van der Waals surface area contributed by atoms with E-state index in [0.29, 0.717) is 6.54 Å². The van der Waals surface area contributed by atoms with E-state index in [4.69, 9.17) is 0 Å². The van der Waals surface area contributed by atoms with Crippen molar-refractivity contribution in [2.45, 2.75) is 39.2 Å². The van der Waals surface area contributed by atoms with Crippen LogP contribution in [0.15, 0.2) is 47.4 Å². The Labute approximate surface area is 125 Å². The average Bonchev–Trinajstić information content (AvgIpc) is 2.52. The van der Waals surface area contributed by atoms with Gasteiger partial charge in [0.05, 0.1) is 11.9 Å². The fourth-order valence-electron chi connectivity index (χ4n) is 2.20. The Hall–Kier alpha value is -2.10. The minimum atomic E-state index is -0.0317. The number of hydrogen-bond donors (Lipinski definition) is 1. The van der Waals surface area contributed by atoms with E-state index in [0.717, 1.165) is 37.9 Å². The molecule has 0 amide bonds. The molecular formula is C17H23N3O. The third kappa shape index (κ3) is 5.06. The molecule has 2 rings (SSSR count). The first-order chi connectivity index (χ1) is 10.3. The van der Waals surface area contributed by atoms with Gasteiger partial charge in [0.15, 0.2) is 0 Å². The Morgan fingerprint density at radius 1 is 1.19 bits per heavy atom. The molecule has 4 nitrogen and oxygen atoms in total. The van der Waals surface area contributed by atoms with E-state index in [9.17, 15) is 4.79 Å². The van der Waals surface area contributed by atoms with Crippen molar-refractivity contribution in [1.29, 1.82) is 0 Å². The minimum absolute atomic E-state index is 0.0317. The van der Waals surface area contributed by atoms with Crippen LogP contribution in [0.4, 0.5) is 5.69 Å². The summed E-state index contributed by atoms with van der Waals surface area (Å²) in [5.41, 5.74) is 2.12. The van der Waals surface area contributed by atoms with Crippen molar-refractivity contribution in [2.24, 2.45) is 0 Å². The maximum Gasteiger partial charge on any atom is 0.268 e. The van der Waals surface area contributed by atoms with Crippen LogP contribution >= 0.6 is 0 Å². The second kappa shape index (κ2) is 8.25. The summed E-state index contributed by atoms with van der Waals surface area (Å²) in [4.78, 5) is 11.9. The van der Waals surface area contributed by atoms with Crippen molar-refractivity contribution < 1.29 is 0 Å². The van der Waals surface area contributed by atoms with Crippen LogP contribution < -0.4 is 10.9 Å². The van der Waals surface area contributed by atoms with Gasteiger partial charge in [-0.3, -0.25) is 4.79 Å². The molecule has 0 radical (unpaired) electrons. The molecule has 0 saturated carbocycles. The Balaban J connectivity index is 1.79. The molecule has 0 bridgehead atoms. The topological polar surface area (TPSA) is 46.9 Å². The summed E-state index contributed by atoms with van der Waals surface area (Å²) in [7, 11) is 0. The van der Waals surface area contributed by atoms with Crippen LogP contribution in [0.1, 0.15) is 31.7 Å². The van der Waals surface area contributed by atoms with Crippen LogP contribution in [0.5, 0.6) is 0 Å². The molecule has 0 fully saturated rings. The zero-order valence-corrected chi connectivity index (χ0v) is 12.6. The molecule has 1 aromatic carbocycles. The number of benzene rings is 1. The fraction of sp³-hybridized carbons (Fsp3) is 0.412. The molecular weight excluding hydrogens is 262 g/mol. The SMILES string of the molecule is CCCNc1cnn(CCCCc2ccccc2)c(=O)c1. The Morgan fingerprint density at radius 2 is 2.00 bits per heavy atom. The molecule has 0 unspecified atom stereocenters. The Bertz CT molecular complexity index is 592. The van der Waals surface area contributed by atoms with Crippen LogP contribution in [-0.4, -0.2) is 16.3 Å².